The van der Waals surface area contributed by atoms with Crippen LogP contribution in [0.3, 0.4) is 0 Å². The van der Waals surface area contributed by atoms with E-state index in [1.54, 1.807) is 0 Å². The van der Waals surface area contributed by atoms with Gasteiger partial charge < -0.3 is 10.2 Å². The van der Waals surface area contributed by atoms with Gasteiger partial charge in [-0.3, -0.25) is 0 Å². The Labute approximate surface area is 86.6 Å². The number of rotatable bonds is 2. The summed E-state index contributed by atoms with van der Waals surface area (Å²) in [5.74, 6) is 0.997. The van der Waals surface area contributed by atoms with Gasteiger partial charge in [0, 0.05) is 12.0 Å². The molecule has 2 nitrogen and oxygen atoms in total. The Balaban J connectivity index is 2.04. The van der Waals surface area contributed by atoms with Crippen molar-refractivity contribution >= 4 is 15.9 Å². The molecule has 0 aliphatic heterocycles. The van der Waals surface area contributed by atoms with Crippen molar-refractivity contribution in [1.82, 2.24) is 0 Å². The lowest BCUT2D eigenvalue weighted by Crippen LogP contribution is -2.38. The number of halogens is 1. The molecule has 0 atom stereocenters. The summed E-state index contributed by atoms with van der Waals surface area (Å²) >= 11 is 3.29. The summed E-state index contributed by atoms with van der Waals surface area (Å²) in [6.45, 7) is 0. The van der Waals surface area contributed by atoms with Crippen molar-refractivity contribution in [2.24, 2.45) is 5.73 Å². The van der Waals surface area contributed by atoms with Gasteiger partial charge in [-0.25, -0.2) is 0 Å². The molecule has 1 saturated carbocycles. The highest BCUT2D eigenvalue weighted by Gasteiger charge is 2.30. The summed E-state index contributed by atoms with van der Waals surface area (Å²) in [4.78, 5) is 0. The van der Waals surface area contributed by atoms with Crippen LogP contribution in [-0.2, 0) is 6.42 Å². The van der Waals surface area contributed by atoms with Crippen LogP contribution in [0.1, 0.15) is 31.4 Å². The van der Waals surface area contributed by atoms with Crippen LogP contribution in [0.5, 0.6) is 0 Å². The molecule has 0 unspecified atom stereocenters. The minimum Gasteiger partial charge on any atom is -0.454 e. The van der Waals surface area contributed by atoms with Crippen molar-refractivity contribution in [3.8, 4) is 0 Å². The second-order valence-electron chi connectivity index (χ2n) is 3.95. The van der Waals surface area contributed by atoms with Gasteiger partial charge in [0.25, 0.3) is 0 Å². The average Bonchev–Trinajstić information content (AvgIpc) is 2.62. The third kappa shape index (κ3) is 2.15. The second-order valence-corrected chi connectivity index (χ2v) is 4.73. The van der Waals surface area contributed by atoms with Gasteiger partial charge in [-0.05, 0) is 40.9 Å². The van der Waals surface area contributed by atoms with Crippen LogP contribution in [-0.4, -0.2) is 5.54 Å². The monoisotopic (exact) mass is 243 g/mol. The number of hydrogen-bond donors (Lipinski definition) is 1. The van der Waals surface area contributed by atoms with Crippen molar-refractivity contribution in [3.05, 3.63) is 22.6 Å². The highest BCUT2D eigenvalue weighted by Crippen LogP contribution is 2.31. The van der Waals surface area contributed by atoms with E-state index in [1.807, 2.05) is 12.1 Å². The fourth-order valence-electron chi connectivity index (χ4n) is 2.05. The van der Waals surface area contributed by atoms with Crippen molar-refractivity contribution in [2.45, 2.75) is 37.6 Å². The molecule has 1 aliphatic carbocycles. The smallest absolute Gasteiger partial charge is 0.169 e. The summed E-state index contributed by atoms with van der Waals surface area (Å²) in [7, 11) is 0. The Bertz CT molecular complexity index is 289. The lowest BCUT2D eigenvalue weighted by atomic mass is 9.93. The normalized spacial score (nSPS) is 20.8. The first-order valence-corrected chi connectivity index (χ1v) is 5.50. The predicted octanol–water partition coefficient (Wildman–Crippen LogP) is 2.86. The fourth-order valence-corrected chi connectivity index (χ4v) is 2.39. The van der Waals surface area contributed by atoms with Gasteiger partial charge in [-0.15, -0.1) is 0 Å². The van der Waals surface area contributed by atoms with E-state index in [2.05, 4.69) is 15.9 Å². The van der Waals surface area contributed by atoms with Gasteiger partial charge in [-0.1, -0.05) is 12.8 Å². The minimum absolute atomic E-state index is 0.00269. The van der Waals surface area contributed by atoms with Crippen molar-refractivity contribution in [3.63, 3.8) is 0 Å². The van der Waals surface area contributed by atoms with Gasteiger partial charge in [0.15, 0.2) is 4.67 Å². The summed E-state index contributed by atoms with van der Waals surface area (Å²) in [5, 5.41) is 0. The van der Waals surface area contributed by atoms with Gasteiger partial charge in [0.05, 0.1) is 0 Å². The maximum Gasteiger partial charge on any atom is 0.169 e. The standard InChI is InChI=1S/C10H14BrNO/c11-9-4-3-8(13-9)7-10(12)5-1-2-6-10/h3-4H,1-2,5-7,12H2. The number of nitrogens with two attached hydrogens (primary N) is 1. The molecule has 1 aromatic heterocycles. The maximum absolute atomic E-state index is 6.23. The molecule has 0 bridgehead atoms. The van der Waals surface area contributed by atoms with Crippen LogP contribution in [0, 0.1) is 0 Å². The molecule has 0 spiro atoms. The van der Waals surface area contributed by atoms with Crippen LogP contribution in [0.25, 0.3) is 0 Å². The molecule has 0 saturated heterocycles. The molecule has 0 amide bonds. The number of furan rings is 1. The number of hydrogen-bond acceptors (Lipinski definition) is 2. The zero-order valence-electron chi connectivity index (χ0n) is 7.55. The average molecular weight is 244 g/mol. The first-order chi connectivity index (χ1) is 6.18. The third-order valence-corrected chi connectivity index (χ3v) is 3.18. The molecular weight excluding hydrogens is 230 g/mol. The molecule has 0 radical (unpaired) electrons. The van der Waals surface area contributed by atoms with Crippen LogP contribution in [0.15, 0.2) is 21.2 Å². The molecule has 0 aromatic carbocycles. The van der Waals surface area contributed by atoms with E-state index in [-0.39, 0.29) is 5.54 Å². The quantitative estimate of drug-likeness (QED) is 0.868. The van der Waals surface area contributed by atoms with Gasteiger partial charge in [0.1, 0.15) is 5.76 Å². The van der Waals surface area contributed by atoms with E-state index >= 15 is 0 Å². The van der Waals surface area contributed by atoms with Crippen LogP contribution >= 0.6 is 15.9 Å². The third-order valence-electron chi connectivity index (χ3n) is 2.75. The fraction of sp³-hybridized carbons (Fsp3) is 0.600. The maximum atomic E-state index is 6.23. The Kier molecular flexibility index (Phi) is 2.47. The Morgan fingerprint density at radius 2 is 2.08 bits per heavy atom. The molecule has 2 rings (SSSR count). The Hall–Kier alpha value is -0.280. The molecule has 1 heterocycles. The summed E-state index contributed by atoms with van der Waals surface area (Å²) < 4.78 is 6.24. The zero-order chi connectivity index (χ0) is 9.31. The van der Waals surface area contributed by atoms with Crippen LogP contribution in [0.4, 0.5) is 0 Å². The first-order valence-electron chi connectivity index (χ1n) is 4.71. The van der Waals surface area contributed by atoms with E-state index in [4.69, 9.17) is 10.2 Å². The van der Waals surface area contributed by atoms with E-state index < -0.39 is 0 Å². The van der Waals surface area contributed by atoms with Crippen LogP contribution in [0.2, 0.25) is 0 Å². The van der Waals surface area contributed by atoms with Gasteiger partial charge in [0.2, 0.25) is 0 Å². The summed E-state index contributed by atoms with van der Waals surface area (Å²) in [6, 6.07) is 3.92. The molecule has 1 aromatic rings. The van der Waals surface area contributed by atoms with E-state index in [9.17, 15) is 0 Å². The molecule has 3 heteroatoms. The molecule has 72 valence electrons. The van der Waals surface area contributed by atoms with E-state index in [0.717, 1.165) is 29.7 Å². The topological polar surface area (TPSA) is 39.2 Å². The predicted molar refractivity (Wildman–Crippen MR) is 55.5 cm³/mol. The summed E-state index contributed by atoms with van der Waals surface area (Å²) in [5.41, 5.74) is 6.22. The Morgan fingerprint density at radius 3 is 2.62 bits per heavy atom. The minimum atomic E-state index is -0.00269. The lowest BCUT2D eigenvalue weighted by Gasteiger charge is -2.21. The lowest BCUT2D eigenvalue weighted by molar-refractivity contribution is 0.380. The SMILES string of the molecule is NC1(Cc2ccc(Br)o2)CCCC1. The molecular formula is C10H14BrNO. The van der Waals surface area contributed by atoms with Gasteiger partial charge >= 0.3 is 0 Å². The van der Waals surface area contributed by atoms with Crippen LogP contribution < -0.4 is 5.73 Å². The van der Waals surface area contributed by atoms with E-state index in [1.165, 1.54) is 12.8 Å². The van der Waals surface area contributed by atoms with E-state index in [0.29, 0.717) is 0 Å². The zero-order valence-corrected chi connectivity index (χ0v) is 9.14. The molecule has 2 N–H and O–H groups in total. The van der Waals surface area contributed by atoms with Crippen molar-refractivity contribution in [2.75, 3.05) is 0 Å². The summed E-state index contributed by atoms with van der Waals surface area (Å²) in [6.07, 6.45) is 5.66. The molecule has 1 fully saturated rings. The van der Waals surface area contributed by atoms with Gasteiger partial charge in [-0.2, -0.15) is 0 Å². The van der Waals surface area contributed by atoms with Crippen molar-refractivity contribution in [1.29, 1.82) is 0 Å². The molecule has 1 aliphatic rings. The first kappa shape index (κ1) is 9.28. The Morgan fingerprint density at radius 1 is 1.38 bits per heavy atom. The van der Waals surface area contributed by atoms with Crippen molar-refractivity contribution < 1.29 is 4.42 Å². The highest BCUT2D eigenvalue weighted by atomic mass is 79.9. The second kappa shape index (κ2) is 3.46. The largest absolute Gasteiger partial charge is 0.454 e. The highest BCUT2D eigenvalue weighted by molar-refractivity contribution is 9.10. The molecule has 13 heavy (non-hydrogen) atoms.